The van der Waals surface area contributed by atoms with Crippen molar-refractivity contribution in [2.75, 3.05) is 26.7 Å². The van der Waals surface area contributed by atoms with Crippen LogP contribution in [-0.2, 0) is 11.3 Å². The van der Waals surface area contributed by atoms with Crippen molar-refractivity contribution < 1.29 is 9.18 Å². The van der Waals surface area contributed by atoms with Gasteiger partial charge in [0.15, 0.2) is 5.96 Å². The van der Waals surface area contributed by atoms with Gasteiger partial charge in [-0.2, -0.15) is 0 Å². The Kier molecular flexibility index (Phi) is 7.68. The number of hydrogen-bond acceptors (Lipinski definition) is 2. The second-order valence-electron chi connectivity index (χ2n) is 6.73. The Morgan fingerprint density at radius 2 is 2.00 bits per heavy atom. The highest BCUT2D eigenvalue weighted by Gasteiger charge is 2.20. The van der Waals surface area contributed by atoms with E-state index in [-0.39, 0.29) is 11.7 Å². The van der Waals surface area contributed by atoms with E-state index in [4.69, 9.17) is 0 Å². The first-order chi connectivity index (χ1) is 11.2. The van der Waals surface area contributed by atoms with Gasteiger partial charge in [-0.25, -0.2) is 4.39 Å². The van der Waals surface area contributed by atoms with E-state index in [2.05, 4.69) is 15.6 Å². The Balaban J connectivity index is 2.59. The molecule has 1 aromatic carbocycles. The highest BCUT2D eigenvalue weighted by atomic mass is 19.1. The van der Waals surface area contributed by atoms with E-state index >= 15 is 0 Å². The number of carbonyl (C=O) groups excluding carboxylic acids is 1. The van der Waals surface area contributed by atoms with Crippen LogP contribution in [0.3, 0.4) is 0 Å². The van der Waals surface area contributed by atoms with Gasteiger partial charge in [-0.1, -0.05) is 32.9 Å². The molecule has 0 saturated heterocycles. The molecule has 134 valence electrons. The first-order valence-corrected chi connectivity index (χ1v) is 8.26. The maximum atomic E-state index is 13.3. The van der Waals surface area contributed by atoms with Gasteiger partial charge in [-0.05, 0) is 24.6 Å². The number of benzene rings is 1. The molecule has 1 aromatic rings. The second-order valence-corrected chi connectivity index (χ2v) is 6.73. The van der Waals surface area contributed by atoms with Gasteiger partial charge < -0.3 is 15.5 Å². The van der Waals surface area contributed by atoms with Gasteiger partial charge in [-0.15, -0.1) is 0 Å². The first kappa shape index (κ1) is 19.9. The molecule has 2 N–H and O–H groups in total. The quantitative estimate of drug-likeness (QED) is 0.476. The standard InChI is InChI=1S/C18H29FN4O/c1-6-20-17(22-11-10-21-16(24)18(2,3)4)23(5)13-14-8-7-9-15(19)12-14/h7-9,12H,6,10-11,13H2,1-5H3,(H,20,22)(H,21,24). The summed E-state index contributed by atoms with van der Waals surface area (Å²) in [6.45, 7) is 9.88. The lowest BCUT2D eigenvalue weighted by molar-refractivity contribution is -0.128. The van der Waals surface area contributed by atoms with Crippen LogP contribution in [-0.4, -0.2) is 43.4 Å². The largest absolute Gasteiger partial charge is 0.357 e. The molecule has 1 amide bonds. The number of nitrogens with one attached hydrogen (secondary N) is 2. The molecule has 0 atom stereocenters. The Morgan fingerprint density at radius 1 is 1.29 bits per heavy atom. The average Bonchev–Trinajstić information content (AvgIpc) is 2.49. The smallest absolute Gasteiger partial charge is 0.225 e. The van der Waals surface area contributed by atoms with Crippen molar-refractivity contribution in [3.8, 4) is 0 Å². The Hall–Kier alpha value is -2.11. The number of amides is 1. The number of halogens is 1. The van der Waals surface area contributed by atoms with Gasteiger partial charge in [0.05, 0.1) is 6.54 Å². The number of aliphatic imine (C=N–C) groups is 1. The lowest BCUT2D eigenvalue weighted by atomic mass is 9.96. The van der Waals surface area contributed by atoms with E-state index in [1.165, 1.54) is 12.1 Å². The van der Waals surface area contributed by atoms with Crippen molar-refractivity contribution in [1.29, 1.82) is 0 Å². The highest BCUT2D eigenvalue weighted by molar-refractivity contribution is 5.81. The van der Waals surface area contributed by atoms with Crippen LogP contribution in [0.5, 0.6) is 0 Å². The van der Waals surface area contributed by atoms with Gasteiger partial charge in [-0.3, -0.25) is 9.79 Å². The molecule has 0 heterocycles. The summed E-state index contributed by atoms with van der Waals surface area (Å²) in [7, 11) is 1.90. The maximum Gasteiger partial charge on any atom is 0.225 e. The molecule has 0 radical (unpaired) electrons. The molecule has 6 heteroatoms. The number of hydrogen-bond donors (Lipinski definition) is 2. The maximum absolute atomic E-state index is 13.3. The highest BCUT2D eigenvalue weighted by Crippen LogP contribution is 2.12. The molecule has 0 fully saturated rings. The van der Waals surface area contributed by atoms with Crippen LogP contribution >= 0.6 is 0 Å². The number of guanidine groups is 1. The molecule has 0 aliphatic rings. The molecule has 0 unspecified atom stereocenters. The molecule has 0 aromatic heterocycles. The van der Waals surface area contributed by atoms with E-state index in [0.717, 1.165) is 18.1 Å². The van der Waals surface area contributed by atoms with E-state index in [1.54, 1.807) is 6.07 Å². The third-order valence-electron chi connectivity index (χ3n) is 3.35. The summed E-state index contributed by atoms with van der Waals surface area (Å²) in [6.07, 6.45) is 0. The second kappa shape index (κ2) is 9.25. The molecule has 0 spiro atoms. The molecule has 0 bridgehead atoms. The summed E-state index contributed by atoms with van der Waals surface area (Å²) in [5.41, 5.74) is 0.478. The number of nitrogens with zero attached hydrogens (tertiary/aromatic N) is 2. The molecule has 24 heavy (non-hydrogen) atoms. The van der Waals surface area contributed by atoms with Crippen LogP contribution in [0.15, 0.2) is 29.3 Å². The van der Waals surface area contributed by atoms with Gasteiger partial charge in [0, 0.05) is 32.1 Å². The van der Waals surface area contributed by atoms with Crippen LogP contribution in [0.4, 0.5) is 4.39 Å². The minimum Gasteiger partial charge on any atom is -0.357 e. The molecule has 5 nitrogen and oxygen atoms in total. The van der Waals surface area contributed by atoms with Crippen LogP contribution in [0.2, 0.25) is 0 Å². The SMILES string of the molecule is CCNC(=NCCNC(=O)C(C)(C)C)N(C)Cc1cccc(F)c1. The average molecular weight is 336 g/mol. The minimum atomic E-state index is -0.400. The number of carbonyl (C=O) groups is 1. The lowest BCUT2D eigenvalue weighted by Gasteiger charge is -2.22. The lowest BCUT2D eigenvalue weighted by Crippen LogP contribution is -2.40. The van der Waals surface area contributed by atoms with Crippen molar-refractivity contribution in [3.05, 3.63) is 35.6 Å². The van der Waals surface area contributed by atoms with E-state index in [1.807, 2.05) is 45.7 Å². The molecular weight excluding hydrogens is 307 g/mol. The monoisotopic (exact) mass is 336 g/mol. The van der Waals surface area contributed by atoms with Crippen LogP contribution in [0.1, 0.15) is 33.3 Å². The van der Waals surface area contributed by atoms with Crippen molar-refractivity contribution in [2.45, 2.75) is 34.2 Å². The van der Waals surface area contributed by atoms with Gasteiger partial charge in [0.1, 0.15) is 5.82 Å². The van der Waals surface area contributed by atoms with Crippen molar-refractivity contribution in [2.24, 2.45) is 10.4 Å². The summed E-state index contributed by atoms with van der Waals surface area (Å²) in [5.74, 6) is 0.496. The Labute approximate surface area is 144 Å². The zero-order valence-corrected chi connectivity index (χ0v) is 15.3. The summed E-state index contributed by atoms with van der Waals surface area (Å²) in [5, 5.41) is 6.08. The summed E-state index contributed by atoms with van der Waals surface area (Å²) >= 11 is 0. The Bertz CT molecular complexity index is 566. The normalized spacial score (nSPS) is 12.0. The fourth-order valence-electron chi connectivity index (χ4n) is 2.05. The van der Waals surface area contributed by atoms with E-state index in [9.17, 15) is 9.18 Å². The fourth-order valence-corrected chi connectivity index (χ4v) is 2.05. The zero-order valence-electron chi connectivity index (χ0n) is 15.3. The number of rotatable bonds is 6. The third-order valence-corrected chi connectivity index (χ3v) is 3.35. The van der Waals surface area contributed by atoms with E-state index < -0.39 is 5.41 Å². The molecule has 1 rings (SSSR count). The molecule has 0 aliphatic carbocycles. The van der Waals surface area contributed by atoms with Crippen LogP contribution in [0.25, 0.3) is 0 Å². The van der Waals surface area contributed by atoms with Gasteiger partial charge in [0.25, 0.3) is 0 Å². The van der Waals surface area contributed by atoms with Crippen molar-refractivity contribution in [3.63, 3.8) is 0 Å². The van der Waals surface area contributed by atoms with Crippen LogP contribution in [0, 0.1) is 11.2 Å². The fraction of sp³-hybridized carbons (Fsp3) is 0.556. The van der Waals surface area contributed by atoms with Gasteiger partial charge in [0.2, 0.25) is 5.91 Å². The van der Waals surface area contributed by atoms with Crippen molar-refractivity contribution in [1.82, 2.24) is 15.5 Å². The molecule has 0 saturated carbocycles. The molecule has 0 aliphatic heterocycles. The predicted molar refractivity (Wildman–Crippen MR) is 96.3 cm³/mol. The predicted octanol–water partition coefficient (Wildman–Crippen LogP) is 2.39. The van der Waals surface area contributed by atoms with Gasteiger partial charge >= 0.3 is 0 Å². The topological polar surface area (TPSA) is 56.7 Å². The summed E-state index contributed by atoms with van der Waals surface area (Å²) in [6, 6.07) is 6.53. The van der Waals surface area contributed by atoms with Crippen LogP contribution < -0.4 is 10.6 Å². The zero-order chi connectivity index (χ0) is 18.2. The first-order valence-electron chi connectivity index (χ1n) is 8.26. The summed E-state index contributed by atoms with van der Waals surface area (Å²) < 4.78 is 13.3. The minimum absolute atomic E-state index is 0.0100. The Morgan fingerprint density at radius 3 is 2.58 bits per heavy atom. The summed E-state index contributed by atoms with van der Waals surface area (Å²) in [4.78, 5) is 18.3. The van der Waals surface area contributed by atoms with E-state index in [0.29, 0.717) is 19.6 Å². The van der Waals surface area contributed by atoms with Crippen molar-refractivity contribution >= 4 is 11.9 Å². The molecular formula is C18H29FN4O. The third kappa shape index (κ3) is 6.98.